The molecular formula is C20H20N2O4S. The van der Waals surface area contributed by atoms with Crippen LogP contribution in [0.4, 0.5) is 0 Å². The zero-order valence-corrected chi connectivity index (χ0v) is 16.0. The van der Waals surface area contributed by atoms with Crippen molar-refractivity contribution in [3.8, 4) is 11.4 Å². The number of benzene rings is 2. The van der Waals surface area contributed by atoms with Gasteiger partial charge in [0.15, 0.2) is 5.16 Å². The SMILES string of the molecule is CCOC(=O)CSc1nc2ccccc2c(=O)n1-c1ccc(OCC)cc1. The molecule has 0 N–H and O–H groups in total. The molecule has 3 rings (SSSR count). The molecule has 7 heteroatoms. The summed E-state index contributed by atoms with van der Waals surface area (Å²) in [6, 6.07) is 14.4. The van der Waals surface area contributed by atoms with Gasteiger partial charge in [0.25, 0.3) is 5.56 Å². The first-order chi connectivity index (χ1) is 13.1. The fourth-order valence-electron chi connectivity index (χ4n) is 2.62. The summed E-state index contributed by atoms with van der Waals surface area (Å²) in [7, 11) is 0. The summed E-state index contributed by atoms with van der Waals surface area (Å²) >= 11 is 1.18. The Morgan fingerprint density at radius 2 is 1.81 bits per heavy atom. The fraction of sp³-hybridized carbons (Fsp3) is 0.250. The molecule has 2 aromatic carbocycles. The summed E-state index contributed by atoms with van der Waals surface area (Å²) in [5.74, 6) is 0.460. The maximum Gasteiger partial charge on any atom is 0.316 e. The molecule has 0 unspecified atom stereocenters. The monoisotopic (exact) mass is 384 g/mol. The van der Waals surface area contributed by atoms with Gasteiger partial charge in [-0.3, -0.25) is 14.2 Å². The highest BCUT2D eigenvalue weighted by Crippen LogP contribution is 2.23. The summed E-state index contributed by atoms with van der Waals surface area (Å²) < 4.78 is 12.0. The first kappa shape index (κ1) is 19.0. The number of fused-ring (bicyclic) bond motifs is 1. The Labute approximate surface area is 161 Å². The molecule has 0 bridgehead atoms. The van der Waals surface area contributed by atoms with Crippen molar-refractivity contribution in [3.63, 3.8) is 0 Å². The molecule has 0 aliphatic heterocycles. The zero-order valence-electron chi connectivity index (χ0n) is 15.2. The lowest BCUT2D eigenvalue weighted by atomic mass is 10.2. The normalized spacial score (nSPS) is 10.7. The average molecular weight is 384 g/mol. The maximum atomic E-state index is 13.1. The number of aromatic nitrogens is 2. The Bertz CT molecular complexity index is 999. The summed E-state index contributed by atoms with van der Waals surface area (Å²) in [4.78, 5) is 29.4. The molecule has 6 nitrogen and oxygen atoms in total. The summed E-state index contributed by atoms with van der Waals surface area (Å²) in [6.07, 6.45) is 0. The van der Waals surface area contributed by atoms with E-state index in [4.69, 9.17) is 9.47 Å². The van der Waals surface area contributed by atoms with E-state index < -0.39 is 0 Å². The third-order valence-electron chi connectivity index (χ3n) is 3.78. The molecule has 1 heterocycles. The van der Waals surface area contributed by atoms with E-state index in [1.165, 1.54) is 16.3 Å². The number of esters is 1. The van der Waals surface area contributed by atoms with Crippen LogP contribution < -0.4 is 10.3 Å². The number of carbonyl (C=O) groups is 1. The maximum absolute atomic E-state index is 13.1. The molecule has 0 spiro atoms. The Kier molecular flexibility index (Phi) is 6.13. The number of para-hydroxylation sites is 1. The van der Waals surface area contributed by atoms with Gasteiger partial charge in [0, 0.05) is 0 Å². The van der Waals surface area contributed by atoms with Gasteiger partial charge >= 0.3 is 5.97 Å². The lowest BCUT2D eigenvalue weighted by molar-refractivity contribution is -0.139. The quantitative estimate of drug-likeness (QED) is 0.353. The van der Waals surface area contributed by atoms with Crippen molar-refractivity contribution < 1.29 is 14.3 Å². The van der Waals surface area contributed by atoms with Crippen LogP contribution in [0.3, 0.4) is 0 Å². The second-order valence-electron chi connectivity index (χ2n) is 5.57. The number of carbonyl (C=O) groups excluding carboxylic acids is 1. The Balaban J connectivity index is 2.07. The number of ether oxygens (including phenoxy) is 2. The second kappa shape index (κ2) is 8.73. The minimum Gasteiger partial charge on any atom is -0.494 e. The number of rotatable bonds is 7. The number of thioether (sulfide) groups is 1. The fourth-order valence-corrected chi connectivity index (χ4v) is 3.43. The third-order valence-corrected chi connectivity index (χ3v) is 4.69. The minimum atomic E-state index is -0.344. The molecule has 0 aliphatic carbocycles. The van der Waals surface area contributed by atoms with E-state index in [0.29, 0.717) is 35.0 Å². The lowest BCUT2D eigenvalue weighted by Gasteiger charge is -2.13. The van der Waals surface area contributed by atoms with E-state index in [0.717, 1.165) is 5.75 Å². The van der Waals surface area contributed by atoms with Crippen molar-refractivity contribution in [2.75, 3.05) is 19.0 Å². The van der Waals surface area contributed by atoms with Crippen molar-refractivity contribution in [1.82, 2.24) is 9.55 Å². The van der Waals surface area contributed by atoms with Gasteiger partial charge in [-0.05, 0) is 50.2 Å². The van der Waals surface area contributed by atoms with Crippen LogP contribution in [0.2, 0.25) is 0 Å². The van der Waals surface area contributed by atoms with Crippen LogP contribution in [0.15, 0.2) is 58.5 Å². The molecule has 0 fully saturated rings. The Morgan fingerprint density at radius 1 is 1.07 bits per heavy atom. The predicted octanol–water partition coefficient (Wildman–Crippen LogP) is 3.44. The van der Waals surface area contributed by atoms with Crippen molar-refractivity contribution in [3.05, 3.63) is 58.9 Å². The topological polar surface area (TPSA) is 70.4 Å². The molecule has 1 aromatic heterocycles. The van der Waals surface area contributed by atoms with Gasteiger partial charge in [-0.25, -0.2) is 4.98 Å². The van der Waals surface area contributed by atoms with Gasteiger partial charge in [-0.1, -0.05) is 23.9 Å². The molecule has 0 aliphatic rings. The van der Waals surface area contributed by atoms with E-state index in [1.807, 2.05) is 13.0 Å². The molecule has 27 heavy (non-hydrogen) atoms. The van der Waals surface area contributed by atoms with Crippen LogP contribution in [0.5, 0.6) is 5.75 Å². The summed E-state index contributed by atoms with van der Waals surface area (Å²) in [5, 5.41) is 0.961. The Hall–Kier alpha value is -2.80. The summed E-state index contributed by atoms with van der Waals surface area (Å²) in [5.41, 5.74) is 1.07. The molecule has 0 saturated heterocycles. The van der Waals surface area contributed by atoms with Crippen LogP contribution in [0.1, 0.15) is 13.8 Å². The van der Waals surface area contributed by atoms with E-state index in [-0.39, 0.29) is 17.3 Å². The first-order valence-corrected chi connectivity index (χ1v) is 9.66. The van der Waals surface area contributed by atoms with Gasteiger partial charge < -0.3 is 9.47 Å². The smallest absolute Gasteiger partial charge is 0.316 e. The van der Waals surface area contributed by atoms with E-state index in [2.05, 4.69) is 4.98 Å². The average Bonchev–Trinajstić information content (AvgIpc) is 2.68. The van der Waals surface area contributed by atoms with Gasteiger partial charge in [0.2, 0.25) is 0 Å². The largest absolute Gasteiger partial charge is 0.494 e. The second-order valence-corrected chi connectivity index (χ2v) is 6.52. The van der Waals surface area contributed by atoms with Crippen molar-refractivity contribution >= 4 is 28.6 Å². The summed E-state index contributed by atoms with van der Waals surface area (Å²) in [6.45, 7) is 4.55. The van der Waals surface area contributed by atoms with Crippen molar-refractivity contribution in [2.24, 2.45) is 0 Å². The lowest BCUT2D eigenvalue weighted by Crippen LogP contribution is -2.22. The van der Waals surface area contributed by atoms with Gasteiger partial charge in [0.1, 0.15) is 5.75 Å². The highest BCUT2D eigenvalue weighted by atomic mass is 32.2. The van der Waals surface area contributed by atoms with Crippen LogP contribution in [-0.4, -0.2) is 34.5 Å². The van der Waals surface area contributed by atoms with Crippen LogP contribution >= 0.6 is 11.8 Å². The van der Waals surface area contributed by atoms with Crippen molar-refractivity contribution in [2.45, 2.75) is 19.0 Å². The molecule has 0 saturated carbocycles. The molecular weight excluding hydrogens is 364 g/mol. The minimum absolute atomic E-state index is 0.0790. The van der Waals surface area contributed by atoms with Crippen LogP contribution in [0.25, 0.3) is 16.6 Å². The zero-order chi connectivity index (χ0) is 19.2. The Morgan fingerprint density at radius 3 is 2.52 bits per heavy atom. The van der Waals surface area contributed by atoms with Gasteiger partial charge in [-0.15, -0.1) is 0 Å². The van der Waals surface area contributed by atoms with Crippen LogP contribution in [0, 0.1) is 0 Å². The molecule has 3 aromatic rings. The number of hydrogen-bond acceptors (Lipinski definition) is 6. The van der Waals surface area contributed by atoms with Crippen LogP contribution in [-0.2, 0) is 9.53 Å². The highest BCUT2D eigenvalue weighted by Gasteiger charge is 2.15. The highest BCUT2D eigenvalue weighted by molar-refractivity contribution is 7.99. The predicted molar refractivity (Wildman–Crippen MR) is 106 cm³/mol. The number of hydrogen-bond donors (Lipinski definition) is 0. The molecule has 0 amide bonds. The van der Waals surface area contributed by atoms with E-state index in [1.54, 1.807) is 49.4 Å². The van der Waals surface area contributed by atoms with Gasteiger partial charge in [-0.2, -0.15) is 0 Å². The van der Waals surface area contributed by atoms with Crippen molar-refractivity contribution in [1.29, 1.82) is 0 Å². The molecule has 0 radical (unpaired) electrons. The molecule has 0 atom stereocenters. The number of nitrogens with zero attached hydrogens (tertiary/aromatic N) is 2. The van der Waals surface area contributed by atoms with E-state index in [9.17, 15) is 9.59 Å². The third kappa shape index (κ3) is 4.31. The standard InChI is InChI=1S/C20H20N2O4S/c1-3-25-15-11-9-14(10-12-15)22-19(24)16-7-5-6-8-17(16)21-20(22)27-13-18(23)26-4-2/h5-12H,3-4,13H2,1-2H3. The molecule has 140 valence electrons. The van der Waals surface area contributed by atoms with Gasteiger partial charge in [0.05, 0.1) is 35.6 Å². The first-order valence-electron chi connectivity index (χ1n) is 8.67. The van der Waals surface area contributed by atoms with E-state index >= 15 is 0 Å².